The molecule has 8 nitrogen and oxygen atoms in total. The molecule has 2 amide bonds. The number of hydrogen-bond acceptors (Lipinski definition) is 5. The fraction of sp³-hybridized carbons (Fsp3) is 0.278. The lowest BCUT2D eigenvalue weighted by Gasteiger charge is -2.32. The minimum Gasteiger partial charge on any atom is -0.496 e. The van der Waals surface area contributed by atoms with Gasteiger partial charge in [-0.1, -0.05) is 84.4 Å². The monoisotopic (exact) mass is 659 g/mol. The highest BCUT2D eigenvalue weighted by Gasteiger charge is 2.31. The van der Waals surface area contributed by atoms with Crippen molar-refractivity contribution >= 4 is 33.4 Å². The second-order valence-corrected chi connectivity index (χ2v) is 13.6. The van der Waals surface area contributed by atoms with Gasteiger partial charge in [-0.2, -0.15) is 0 Å². The van der Waals surface area contributed by atoms with Gasteiger partial charge in [0.15, 0.2) is 0 Å². The molecule has 1 aliphatic carbocycles. The van der Waals surface area contributed by atoms with Crippen LogP contribution in [0.25, 0.3) is 0 Å². The summed E-state index contributed by atoms with van der Waals surface area (Å²) in [6, 6.07) is 30.2. The number of nitrogens with one attached hydrogen (secondary N) is 2. The van der Waals surface area contributed by atoms with Crippen molar-refractivity contribution in [3.05, 3.63) is 130 Å². The first-order chi connectivity index (χ1) is 22.2. The minimum absolute atomic E-state index is 0.0182. The van der Waals surface area contributed by atoms with Crippen molar-refractivity contribution in [2.75, 3.05) is 7.11 Å². The molecule has 0 heterocycles. The van der Waals surface area contributed by atoms with Crippen molar-refractivity contribution in [2.24, 2.45) is 0 Å². The van der Waals surface area contributed by atoms with Crippen LogP contribution in [0.4, 0.5) is 0 Å². The van der Waals surface area contributed by atoms with Gasteiger partial charge in [0.1, 0.15) is 11.8 Å². The van der Waals surface area contributed by atoms with E-state index in [-0.39, 0.29) is 42.3 Å². The van der Waals surface area contributed by atoms with Crippen LogP contribution in [0.2, 0.25) is 5.02 Å². The third-order valence-electron chi connectivity index (χ3n) is 7.94. The van der Waals surface area contributed by atoms with Gasteiger partial charge in [-0.3, -0.25) is 9.59 Å². The number of amides is 2. The number of carbonyl (C=O) groups excluding carboxylic acids is 2. The van der Waals surface area contributed by atoms with Crippen LogP contribution in [0.5, 0.6) is 5.75 Å². The van der Waals surface area contributed by atoms with Gasteiger partial charge < -0.3 is 15.0 Å². The highest BCUT2D eigenvalue weighted by molar-refractivity contribution is 7.89. The molecule has 1 atom stereocenters. The molecule has 0 radical (unpaired) electrons. The quantitative estimate of drug-likeness (QED) is 0.171. The predicted octanol–water partition coefficient (Wildman–Crippen LogP) is 5.68. The maximum Gasteiger partial charge on any atom is 0.243 e. The van der Waals surface area contributed by atoms with Crippen molar-refractivity contribution < 1.29 is 22.7 Å². The number of aryl methyl sites for hydroxylation is 1. The van der Waals surface area contributed by atoms with E-state index in [4.69, 9.17) is 16.3 Å². The van der Waals surface area contributed by atoms with E-state index in [2.05, 4.69) is 10.0 Å². The molecule has 4 aromatic rings. The average Bonchev–Trinajstić information content (AvgIpc) is 3.89. The Morgan fingerprint density at radius 2 is 1.52 bits per heavy atom. The van der Waals surface area contributed by atoms with Crippen LogP contribution in [0.1, 0.15) is 41.5 Å². The van der Waals surface area contributed by atoms with E-state index in [0.29, 0.717) is 23.6 Å². The van der Waals surface area contributed by atoms with Gasteiger partial charge in [-0.05, 0) is 66.3 Å². The fourth-order valence-corrected chi connectivity index (χ4v) is 6.64. The molecule has 5 rings (SSSR count). The summed E-state index contributed by atoms with van der Waals surface area (Å²) in [5.74, 6) is 0.184. The van der Waals surface area contributed by atoms with Gasteiger partial charge >= 0.3 is 0 Å². The summed E-state index contributed by atoms with van der Waals surface area (Å²) in [6.45, 7) is 0.446. The Balaban J connectivity index is 1.37. The van der Waals surface area contributed by atoms with Crippen molar-refractivity contribution in [1.82, 2.24) is 14.9 Å². The third-order valence-corrected chi connectivity index (χ3v) is 9.73. The Labute approximate surface area is 275 Å². The van der Waals surface area contributed by atoms with E-state index in [0.717, 1.165) is 35.1 Å². The van der Waals surface area contributed by atoms with Crippen molar-refractivity contribution in [2.45, 2.75) is 62.2 Å². The molecule has 240 valence electrons. The Bertz CT molecular complexity index is 1730. The Morgan fingerprint density at radius 1 is 0.870 bits per heavy atom. The lowest BCUT2D eigenvalue weighted by atomic mass is 10.0. The molecule has 4 aromatic carbocycles. The van der Waals surface area contributed by atoms with Crippen LogP contribution in [0, 0.1) is 0 Å². The van der Waals surface area contributed by atoms with Crippen LogP contribution in [0.3, 0.4) is 0 Å². The van der Waals surface area contributed by atoms with Crippen molar-refractivity contribution in [1.29, 1.82) is 0 Å². The molecule has 1 aliphatic rings. The summed E-state index contributed by atoms with van der Waals surface area (Å²) in [5, 5.41) is 3.62. The van der Waals surface area contributed by atoms with Gasteiger partial charge in [-0.15, -0.1) is 0 Å². The van der Waals surface area contributed by atoms with E-state index in [1.807, 2.05) is 66.7 Å². The summed E-state index contributed by atoms with van der Waals surface area (Å²) in [4.78, 5) is 29.8. The topological polar surface area (TPSA) is 105 Å². The summed E-state index contributed by atoms with van der Waals surface area (Å²) in [5.41, 5.74) is 3.41. The molecule has 2 N–H and O–H groups in total. The minimum atomic E-state index is -3.56. The molecule has 0 unspecified atom stereocenters. The molecule has 0 spiro atoms. The molecular formula is C36H38ClN3O5S. The van der Waals surface area contributed by atoms with E-state index < -0.39 is 16.1 Å². The van der Waals surface area contributed by atoms with Gasteiger partial charge in [0.25, 0.3) is 0 Å². The zero-order valence-electron chi connectivity index (χ0n) is 25.7. The lowest BCUT2D eigenvalue weighted by molar-refractivity contribution is -0.141. The molecule has 10 heteroatoms. The van der Waals surface area contributed by atoms with Crippen LogP contribution in [-0.4, -0.2) is 44.3 Å². The summed E-state index contributed by atoms with van der Waals surface area (Å²) in [7, 11) is -1.98. The number of para-hydroxylation sites is 1. The Morgan fingerprint density at radius 3 is 2.20 bits per heavy atom. The van der Waals surface area contributed by atoms with Crippen LogP contribution in [0.15, 0.2) is 108 Å². The number of methoxy groups -OCH3 is 1. The van der Waals surface area contributed by atoms with Crippen molar-refractivity contribution in [3.63, 3.8) is 0 Å². The first kappa shape index (κ1) is 33.2. The zero-order chi connectivity index (χ0) is 32.5. The van der Waals surface area contributed by atoms with E-state index in [1.54, 1.807) is 48.4 Å². The van der Waals surface area contributed by atoms with Gasteiger partial charge in [0.2, 0.25) is 21.8 Å². The number of nitrogens with zero attached hydrogens (tertiary/aromatic N) is 1. The van der Waals surface area contributed by atoms with Gasteiger partial charge in [0.05, 0.1) is 12.0 Å². The molecule has 0 aromatic heterocycles. The largest absolute Gasteiger partial charge is 0.496 e. The number of halogens is 1. The van der Waals surface area contributed by atoms with Gasteiger partial charge in [0, 0.05) is 42.6 Å². The number of carbonyl (C=O) groups is 2. The average molecular weight is 660 g/mol. The second-order valence-electron chi connectivity index (χ2n) is 11.4. The molecular weight excluding hydrogens is 622 g/mol. The maximum atomic E-state index is 14.0. The SMILES string of the molecule is COc1ccccc1CNC(=O)[C@@H](Cc1ccccc1)N(Cc1ccc(Cl)cc1)C(=O)CCc1ccc(S(=O)(=O)NC2CC2)cc1. The zero-order valence-corrected chi connectivity index (χ0v) is 27.3. The first-order valence-corrected chi connectivity index (χ1v) is 17.2. The standard InChI is InChI=1S/C36H38ClN3O5S/c1-45-34-10-6-5-9-29(34)24-38-36(42)33(23-27-7-3-2-4-8-27)40(25-28-11-16-30(37)17-12-28)35(41)22-15-26-13-20-32(21-14-26)46(43,44)39-31-18-19-31/h2-14,16-17,20-21,31,33,39H,15,18-19,22-25H2,1H3,(H,38,42)/t33-/m1/s1. The molecule has 1 saturated carbocycles. The van der Waals surface area contributed by atoms with Gasteiger partial charge in [-0.25, -0.2) is 13.1 Å². The maximum absolute atomic E-state index is 14.0. The van der Waals surface area contributed by atoms with E-state index >= 15 is 0 Å². The smallest absolute Gasteiger partial charge is 0.243 e. The second kappa shape index (κ2) is 15.4. The van der Waals surface area contributed by atoms with Crippen molar-refractivity contribution in [3.8, 4) is 5.75 Å². The van der Waals surface area contributed by atoms with Crippen LogP contribution < -0.4 is 14.8 Å². The highest BCUT2D eigenvalue weighted by atomic mass is 35.5. The van der Waals surface area contributed by atoms with E-state index in [1.165, 1.54) is 0 Å². The summed E-state index contributed by atoms with van der Waals surface area (Å²) in [6.07, 6.45) is 2.54. The third kappa shape index (κ3) is 9.19. The Kier molecular flexibility index (Phi) is 11.1. The number of ether oxygens (including phenoxy) is 1. The summed E-state index contributed by atoms with van der Waals surface area (Å²) < 4.78 is 33.3. The predicted molar refractivity (Wildman–Crippen MR) is 179 cm³/mol. The number of hydrogen-bond donors (Lipinski definition) is 2. The molecule has 0 bridgehead atoms. The Hall–Kier alpha value is -4.18. The van der Waals surface area contributed by atoms with Crippen LogP contribution in [-0.2, 0) is 45.5 Å². The number of benzene rings is 4. The molecule has 46 heavy (non-hydrogen) atoms. The number of sulfonamides is 1. The highest BCUT2D eigenvalue weighted by Crippen LogP contribution is 2.23. The first-order valence-electron chi connectivity index (χ1n) is 15.3. The molecule has 0 aliphatic heterocycles. The van der Waals surface area contributed by atoms with E-state index in [9.17, 15) is 18.0 Å². The number of rotatable bonds is 15. The molecule has 1 fully saturated rings. The van der Waals surface area contributed by atoms with Crippen LogP contribution >= 0.6 is 11.6 Å². The molecule has 0 saturated heterocycles. The summed E-state index contributed by atoms with van der Waals surface area (Å²) >= 11 is 6.14. The fourth-order valence-electron chi connectivity index (χ4n) is 5.21. The lowest BCUT2D eigenvalue weighted by Crippen LogP contribution is -2.50. The normalized spacial score (nSPS) is 13.5.